The molecule has 0 radical (unpaired) electrons. The molecular formula is C19H16O2S. The van der Waals surface area contributed by atoms with Crippen molar-refractivity contribution < 1.29 is 9.90 Å². The monoisotopic (exact) mass is 308 g/mol. The smallest absolute Gasteiger partial charge is 0.337 e. The van der Waals surface area contributed by atoms with Gasteiger partial charge < -0.3 is 5.11 Å². The highest BCUT2D eigenvalue weighted by Crippen LogP contribution is 2.25. The molecule has 0 aliphatic heterocycles. The molecular weight excluding hydrogens is 292 g/mol. The summed E-state index contributed by atoms with van der Waals surface area (Å²) >= 11 is 1.50. The Kier molecular flexibility index (Phi) is 4.07. The number of hydrogen-bond acceptors (Lipinski definition) is 2. The van der Waals surface area contributed by atoms with Crippen LogP contribution in [-0.4, -0.2) is 11.1 Å². The second kappa shape index (κ2) is 6.16. The van der Waals surface area contributed by atoms with E-state index < -0.39 is 5.97 Å². The van der Waals surface area contributed by atoms with E-state index in [9.17, 15) is 9.90 Å². The number of benzene rings is 2. The third kappa shape index (κ3) is 2.95. The Bertz CT molecular complexity index is 786. The molecule has 0 aliphatic rings. The van der Waals surface area contributed by atoms with Crippen molar-refractivity contribution in [3.63, 3.8) is 0 Å². The molecule has 0 spiro atoms. The molecule has 0 saturated carbocycles. The lowest BCUT2D eigenvalue weighted by Gasteiger charge is -2.05. The number of aromatic carboxylic acids is 1. The summed E-state index contributed by atoms with van der Waals surface area (Å²) < 4.78 is 0. The molecule has 0 amide bonds. The fourth-order valence-corrected chi connectivity index (χ4v) is 3.44. The van der Waals surface area contributed by atoms with Crippen molar-refractivity contribution in [3.05, 3.63) is 81.5 Å². The highest BCUT2D eigenvalue weighted by atomic mass is 32.1. The second-order valence-electron chi connectivity index (χ2n) is 5.24. The summed E-state index contributed by atoms with van der Waals surface area (Å²) in [5, 5.41) is 11.3. The summed E-state index contributed by atoms with van der Waals surface area (Å²) in [4.78, 5) is 12.2. The maximum Gasteiger partial charge on any atom is 0.337 e. The molecule has 3 heteroatoms. The van der Waals surface area contributed by atoms with E-state index in [0.29, 0.717) is 12.0 Å². The van der Waals surface area contributed by atoms with E-state index >= 15 is 0 Å². The summed E-state index contributed by atoms with van der Waals surface area (Å²) in [6.07, 6.45) is 0.654. The standard InChI is InChI=1S/C19H16O2S/c1-13-18(19(20)21)17(12-22-13)11-14-7-9-16(10-8-14)15-5-3-2-4-6-15/h2-10,12H,11H2,1H3,(H,20,21). The third-order valence-corrected chi connectivity index (χ3v) is 4.68. The first kappa shape index (κ1) is 14.5. The van der Waals surface area contributed by atoms with Gasteiger partial charge in [-0.1, -0.05) is 54.6 Å². The van der Waals surface area contributed by atoms with Gasteiger partial charge in [0.25, 0.3) is 0 Å². The number of aryl methyl sites for hydroxylation is 1. The van der Waals surface area contributed by atoms with E-state index in [0.717, 1.165) is 16.0 Å². The van der Waals surface area contributed by atoms with Crippen molar-refractivity contribution in [1.29, 1.82) is 0 Å². The van der Waals surface area contributed by atoms with E-state index in [2.05, 4.69) is 36.4 Å². The van der Waals surface area contributed by atoms with E-state index in [1.807, 2.05) is 30.5 Å². The molecule has 3 rings (SSSR count). The van der Waals surface area contributed by atoms with Crippen molar-refractivity contribution in [3.8, 4) is 11.1 Å². The maximum absolute atomic E-state index is 11.3. The van der Waals surface area contributed by atoms with Crippen LogP contribution in [0.15, 0.2) is 60.0 Å². The Morgan fingerprint density at radius 1 is 1.00 bits per heavy atom. The van der Waals surface area contributed by atoms with Gasteiger partial charge in [-0.15, -0.1) is 11.3 Å². The third-order valence-electron chi connectivity index (χ3n) is 3.72. The average molecular weight is 308 g/mol. The Balaban J connectivity index is 1.84. The number of rotatable bonds is 4. The van der Waals surface area contributed by atoms with Gasteiger partial charge in [0.1, 0.15) is 0 Å². The fourth-order valence-electron chi connectivity index (χ4n) is 2.59. The minimum atomic E-state index is -0.838. The molecule has 0 unspecified atom stereocenters. The number of carboxylic acids is 1. The Hall–Kier alpha value is -2.39. The lowest BCUT2D eigenvalue weighted by Crippen LogP contribution is -2.01. The van der Waals surface area contributed by atoms with Crippen molar-refractivity contribution in [1.82, 2.24) is 0 Å². The van der Waals surface area contributed by atoms with Crippen LogP contribution in [-0.2, 0) is 6.42 Å². The van der Waals surface area contributed by atoms with Crippen LogP contribution in [0.3, 0.4) is 0 Å². The molecule has 2 nitrogen and oxygen atoms in total. The largest absolute Gasteiger partial charge is 0.478 e. The summed E-state index contributed by atoms with van der Waals surface area (Å²) in [7, 11) is 0. The van der Waals surface area contributed by atoms with Crippen molar-refractivity contribution >= 4 is 17.3 Å². The lowest BCUT2D eigenvalue weighted by molar-refractivity contribution is 0.0696. The van der Waals surface area contributed by atoms with E-state index in [1.54, 1.807) is 0 Å². The molecule has 2 aromatic carbocycles. The van der Waals surface area contributed by atoms with Crippen LogP contribution < -0.4 is 0 Å². The SMILES string of the molecule is Cc1scc(Cc2ccc(-c3ccccc3)cc2)c1C(=O)O. The van der Waals surface area contributed by atoms with Gasteiger partial charge in [-0.3, -0.25) is 0 Å². The zero-order valence-corrected chi connectivity index (χ0v) is 13.1. The molecule has 0 fully saturated rings. The minimum Gasteiger partial charge on any atom is -0.478 e. The maximum atomic E-state index is 11.3. The van der Waals surface area contributed by atoms with Crippen molar-refractivity contribution in [2.45, 2.75) is 13.3 Å². The average Bonchev–Trinajstić information content (AvgIpc) is 2.90. The normalized spacial score (nSPS) is 10.6. The Morgan fingerprint density at radius 3 is 2.27 bits per heavy atom. The zero-order chi connectivity index (χ0) is 15.5. The molecule has 0 atom stereocenters. The first-order chi connectivity index (χ1) is 10.6. The Labute approximate surface area is 133 Å². The van der Waals surface area contributed by atoms with Crippen LogP contribution in [0.4, 0.5) is 0 Å². The molecule has 1 heterocycles. The molecule has 110 valence electrons. The highest BCUT2D eigenvalue weighted by molar-refractivity contribution is 7.10. The predicted octanol–water partition coefficient (Wildman–Crippen LogP) is 5.01. The van der Waals surface area contributed by atoms with Crippen molar-refractivity contribution in [2.24, 2.45) is 0 Å². The van der Waals surface area contributed by atoms with Crippen LogP contribution >= 0.6 is 11.3 Å². The quantitative estimate of drug-likeness (QED) is 0.735. The van der Waals surface area contributed by atoms with Crippen LogP contribution in [0, 0.1) is 6.92 Å². The lowest BCUT2D eigenvalue weighted by atomic mass is 9.99. The number of hydrogen-bond donors (Lipinski definition) is 1. The van der Waals surface area contributed by atoms with Gasteiger partial charge in [0.15, 0.2) is 0 Å². The van der Waals surface area contributed by atoms with E-state index in [1.165, 1.54) is 22.5 Å². The molecule has 0 aliphatic carbocycles. The highest BCUT2D eigenvalue weighted by Gasteiger charge is 2.15. The summed E-state index contributed by atoms with van der Waals surface area (Å²) in [6, 6.07) is 18.5. The van der Waals surface area contributed by atoms with Gasteiger partial charge in [-0.25, -0.2) is 4.79 Å². The van der Waals surface area contributed by atoms with Crippen LogP contribution in [0.1, 0.15) is 26.4 Å². The second-order valence-corrected chi connectivity index (χ2v) is 6.32. The summed E-state index contributed by atoms with van der Waals surface area (Å²) in [5.41, 5.74) is 4.83. The number of carbonyl (C=O) groups is 1. The van der Waals surface area contributed by atoms with Gasteiger partial charge in [-0.2, -0.15) is 0 Å². The Morgan fingerprint density at radius 2 is 1.64 bits per heavy atom. The first-order valence-corrected chi connectivity index (χ1v) is 7.98. The van der Waals surface area contributed by atoms with Crippen LogP contribution in [0.25, 0.3) is 11.1 Å². The van der Waals surface area contributed by atoms with Gasteiger partial charge in [-0.05, 0) is 41.0 Å². The summed E-state index contributed by atoms with van der Waals surface area (Å²) in [6.45, 7) is 1.86. The molecule has 0 saturated heterocycles. The fraction of sp³-hybridized carbons (Fsp3) is 0.105. The van der Waals surface area contributed by atoms with Crippen LogP contribution in [0.2, 0.25) is 0 Å². The number of thiophene rings is 1. The van der Waals surface area contributed by atoms with Crippen molar-refractivity contribution in [2.75, 3.05) is 0 Å². The summed E-state index contributed by atoms with van der Waals surface area (Å²) in [5.74, 6) is -0.838. The van der Waals surface area contributed by atoms with E-state index in [4.69, 9.17) is 0 Å². The van der Waals surface area contributed by atoms with Gasteiger partial charge in [0.2, 0.25) is 0 Å². The molecule has 0 bridgehead atoms. The molecule has 3 aromatic rings. The zero-order valence-electron chi connectivity index (χ0n) is 12.2. The van der Waals surface area contributed by atoms with Gasteiger partial charge in [0, 0.05) is 4.88 Å². The minimum absolute atomic E-state index is 0.456. The van der Waals surface area contributed by atoms with Gasteiger partial charge >= 0.3 is 5.97 Å². The first-order valence-electron chi connectivity index (χ1n) is 7.10. The number of carboxylic acid groups (broad SMARTS) is 1. The molecule has 1 N–H and O–H groups in total. The van der Waals surface area contributed by atoms with Gasteiger partial charge in [0.05, 0.1) is 5.56 Å². The van der Waals surface area contributed by atoms with Crippen LogP contribution in [0.5, 0.6) is 0 Å². The van der Waals surface area contributed by atoms with E-state index in [-0.39, 0.29) is 0 Å². The topological polar surface area (TPSA) is 37.3 Å². The molecule has 1 aromatic heterocycles. The predicted molar refractivity (Wildman–Crippen MR) is 90.7 cm³/mol. The molecule has 22 heavy (non-hydrogen) atoms.